The number of hydrogen-bond donors (Lipinski definition) is 1. The van der Waals surface area contributed by atoms with E-state index in [2.05, 4.69) is 29.8 Å². The summed E-state index contributed by atoms with van der Waals surface area (Å²) < 4.78 is 11.3. The van der Waals surface area contributed by atoms with E-state index in [-0.39, 0.29) is 12.6 Å². The number of pyridine rings is 1. The zero-order valence-electron chi connectivity index (χ0n) is 15.7. The summed E-state index contributed by atoms with van der Waals surface area (Å²) in [6.45, 7) is 2.99. The average Bonchev–Trinajstić information content (AvgIpc) is 3.28. The monoisotopic (exact) mass is 389 g/mol. The van der Waals surface area contributed by atoms with Crippen LogP contribution in [0.1, 0.15) is 5.69 Å². The van der Waals surface area contributed by atoms with Crippen molar-refractivity contribution in [1.82, 2.24) is 29.9 Å². The van der Waals surface area contributed by atoms with Gasteiger partial charge in [0.25, 0.3) is 0 Å². The summed E-state index contributed by atoms with van der Waals surface area (Å²) in [6, 6.07) is 11.8. The van der Waals surface area contributed by atoms with E-state index < -0.39 is 0 Å². The van der Waals surface area contributed by atoms with Gasteiger partial charge in [0.15, 0.2) is 5.82 Å². The fraction of sp³-hybridized carbons (Fsp3) is 0.250. The number of anilines is 1. The first-order valence-corrected chi connectivity index (χ1v) is 9.41. The van der Waals surface area contributed by atoms with Crippen molar-refractivity contribution in [2.45, 2.75) is 6.61 Å². The lowest BCUT2D eigenvalue weighted by Crippen LogP contribution is -2.37. The molecule has 0 atom stereocenters. The van der Waals surface area contributed by atoms with Crippen molar-refractivity contribution in [2.75, 3.05) is 31.2 Å². The number of hydrogen-bond acceptors (Lipinski definition) is 8. The molecule has 1 aliphatic heterocycles. The van der Waals surface area contributed by atoms with Gasteiger partial charge < -0.3 is 19.4 Å². The quantitative estimate of drug-likeness (QED) is 0.554. The van der Waals surface area contributed by atoms with E-state index >= 15 is 0 Å². The highest BCUT2D eigenvalue weighted by atomic mass is 16.5. The van der Waals surface area contributed by atoms with Crippen LogP contribution in [0.25, 0.3) is 22.4 Å². The van der Waals surface area contributed by atoms with Gasteiger partial charge in [-0.05, 0) is 24.3 Å². The number of para-hydroxylation sites is 1. The SMILES string of the molecule is c1ccc(COc2nc(-c3cccc4[nH]cnc34)nc(N3CCOCC3)n2)nc1. The van der Waals surface area contributed by atoms with Crippen LogP contribution in [-0.2, 0) is 11.3 Å². The predicted octanol–water partition coefficient (Wildman–Crippen LogP) is 2.23. The van der Waals surface area contributed by atoms with Gasteiger partial charge in [-0.15, -0.1) is 0 Å². The van der Waals surface area contributed by atoms with Gasteiger partial charge in [0.1, 0.15) is 6.61 Å². The number of rotatable bonds is 5. The smallest absolute Gasteiger partial charge is 0.322 e. The average molecular weight is 389 g/mol. The Kier molecular flexibility index (Phi) is 4.71. The highest BCUT2D eigenvalue weighted by molar-refractivity contribution is 5.89. The molecule has 0 spiro atoms. The Morgan fingerprint density at radius 1 is 1.00 bits per heavy atom. The first kappa shape index (κ1) is 17.5. The first-order valence-electron chi connectivity index (χ1n) is 9.41. The summed E-state index contributed by atoms with van der Waals surface area (Å²) in [6.07, 6.45) is 3.39. The Morgan fingerprint density at radius 3 is 2.79 bits per heavy atom. The molecule has 5 rings (SSSR count). The lowest BCUT2D eigenvalue weighted by Gasteiger charge is -2.27. The minimum Gasteiger partial charge on any atom is -0.457 e. The molecular formula is C20H19N7O2. The molecule has 0 unspecified atom stereocenters. The number of aromatic nitrogens is 6. The summed E-state index contributed by atoms with van der Waals surface area (Å²) in [7, 11) is 0. The number of H-pyrrole nitrogens is 1. The predicted molar refractivity (Wildman–Crippen MR) is 107 cm³/mol. The number of benzene rings is 1. The van der Waals surface area contributed by atoms with Crippen molar-refractivity contribution in [3.8, 4) is 17.4 Å². The third kappa shape index (κ3) is 3.72. The Labute approximate surface area is 166 Å². The topological polar surface area (TPSA) is 102 Å². The number of aromatic amines is 1. The molecule has 4 heterocycles. The minimum absolute atomic E-state index is 0.259. The second kappa shape index (κ2) is 7.80. The molecule has 1 aliphatic rings. The van der Waals surface area contributed by atoms with E-state index in [1.807, 2.05) is 36.4 Å². The van der Waals surface area contributed by atoms with Gasteiger partial charge in [0.05, 0.1) is 36.3 Å². The highest BCUT2D eigenvalue weighted by Gasteiger charge is 2.19. The standard InChI is InChI=1S/C20H19N7O2/c1-2-7-21-14(4-1)12-29-20-25-18(15-5-3-6-16-17(15)23-13-22-16)24-19(26-20)27-8-10-28-11-9-27/h1-7,13H,8-12H2,(H,22,23). The van der Waals surface area contributed by atoms with Crippen molar-refractivity contribution in [2.24, 2.45) is 0 Å². The largest absolute Gasteiger partial charge is 0.457 e. The summed E-state index contributed by atoms with van der Waals surface area (Å²) >= 11 is 0. The molecule has 1 fully saturated rings. The summed E-state index contributed by atoms with van der Waals surface area (Å²) in [4.78, 5) is 27.7. The molecule has 3 aromatic heterocycles. The summed E-state index contributed by atoms with van der Waals surface area (Å²) in [5.74, 6) is 1.09. The zero-order valence-corrected chi connectivity index (χ0v) is 15.7. The van der Waals surface area contributed by atoms with E-state index in [4.69, 9.17) is 14.5 Å². The molecule has 9 nitrogen and oxygen atoms in total. The maximum absolute atomic E-state index is 5.87. The molecule has 0 aliphatic carbocycles. The molecule has 0 saturated carbocycles. The minimum atomic E-state index is 0.259. The van der Waals surface area contributed by atoms with Crippen LogP contribution in [0.3, 0.4) is 0 Å². The van der Waals surface area contributed by atoms with E-state index in [1.165, 1.54) is 0 Å². The lowest BCUT2D eigenvalue weighted by atomic mass is 10.2. The number of nitrogens with one attached hydrogen (secondary N) is 1. The molecule has 0 amide bonds. The normalized spacial score (nSPS) is 14.3. The van der Waals surface area contributed by atoms with Crippen LogP contribution in [0.4, 0.5) is 5.95 Å². The van der Waals surface area contributed by atoms with Crippen molar-refractivity contribution in [1.29, 1.82) is 0 Å². The van der Waals surface area contributed by atoms with Crippen LogP contribution >= 0.6 is 0 Å². The molecule has 146 valence electrons. The van der Waals surface area contributed by atoms with Gasteiger partial charge in [0, 0.05) is 24.8 Å². The molecule has 0 radical (unpaired) electrons. The lowest BCUT2D eigenvalue weighted by molar-refractivity contribution is 0.122. The van der Waals surface area contributed by atoms with Crippen LogP contribution in [0, 0.1) is 0 Å². The van der Waals surface area contributed by atoms with Crippen LogP contribution in [-0.4, -0.2) is 56.2 Å². The number of fused-ring (bicyclic) bond motifs is 1. The molecule has 1 saturated heterocycles. The van der Waals surface area contributed by atoms with Crippen molar-refractivity contribution in [3.63, 3.8) is 0 Å². The molecular weight excluding hydrogens is 370 g/mol. The summed E-state index contributed by atoms with van der Waals surface area (Å²) in [5.41, 5.74) is 3.36. The van der Waals surface area contributed by atoms with E-state index in [9.17, 15) is 0 Å². The Hall–Kier alpha value is -3.59. The first-order chi connectivity index (χ1) is 14.4. The van der Waals surface area contributed by atoms with E-state index in [0.29, 0.717) is 25.0 Å². The number of nitrogens with zero attached hydrogens (tertiary/aromatic N) is 6. The molecule has 1 aromatic carbocycles. The molecule has 1 N–H and O–H groups in total. The van der Waals surface area contributed by atoms with Crippen LogP contribution < -0.4 is 9.64 Å². The van der Waals surface area contributed by atoms with Crippen molar-refractivity contribution >= 4 is 17.0 Å². The number of ether oxygens (including phenoxy) is 2. The Bertz CT molecular complexity index is 1110. The van der Waals surface area contributed by atoms with Gasteiger partial charge in [-0.25, -0.2) is 4.98 Å². The van der Waals surface area contributed by atoms with Crippen molar-refractivity contribution in [3.05, 3.63) is 54.6 Å². The maximum Gasteiger partial charge on any atom is 0.322 e. The van der Waals surface area contributed by atoms with Crippen LogP contribution in [0.5, 0.6) is 6.01 Å². The van der Waals surface area contributed by atoms with E-state index in [0.717, 1.165) is 35.4 Å². The van der Waals surface area contributed by atoms with Gasteiger partial charge in [-0.2, -0.15) is 15.0 Å². The Balaban J connectivity index is 1.53. The third-order valence-corrected chi connectivity index (χ3v) is 4.66. The zero-order chi connectivity index (χ0) is 19.5. The number of morpholine rings is 1. The maximum atomic E-state index is 5.87. The second-order valence-corrected chi connectivity index (χ2v) is 6.56. The van der Waals surface area contributed by atoms with Gasteiger partial charge in [0.2, 0.25) is 5.95 Å². The fourth-order valence-corrected chi connectivity index (χ4v) is 3.20. The fourth-order valence-electron chi connectivity index (χ4n) is 3.20. The second-order valence-electron chi connectivity index (χ2n) is 6.56. The molecule has 4 aromatic rings. The van der Waals surface area contributed by atoms with Crippen LogP contribution in [0.2, 0.25) is 0 Å². The van der Waals surface area contributed by atoms with Gasteiger partial charge >= 0.3 is 6.01 Å². The van der Waals surface area contributed by atoms with E-state index in [1.54, 1.807) is 12.5 Å². The van der Waals surface area contributed by atoms with Crippen LogP contribution in [0.15, 0.2) is 48.9 Å². The van der Waals surface area contributed by atoms with Gasteiger partial charge in [-0.1, -0.05) is 12.1 Å². The third-order valence-electron chi connectivity index (χ3n) is 4.66. The van der Waals surface area contributed by atoms with Crippen molar-refractivity contribution < 1.29 is 9.47 Å². The highest BCUT2D eigenvalue weighted by Crippen LogP contribution is 2.26. The summed E-state index contributed by atoms with van der Waals surface area (Å²) in [5, 5.41) is 0. The molecule has 9 heteroatoms. The Morgan fingerprint density at radius 2 is 1.93 bits per heavy atom. The number of imidazole rings is 1. The molecule has 29 heavy (non-hydrogen) atoms. The van der Waals surface area contributed by atoms with Gasteiger partial charge in [-0.3, -0.25) is 4.98 Å². The molecule has 0 bridgehead atoms.